The molecular formula is C32H39F2NO. The van der Waals surface area contributed by atoms with Gasteiger partial charge in [-0.25, -0.2) is 8.78 Å². The SMILES string of the molecule is C/C=C(\C=C/c1cccc(-c2ccc([C@@H]3CCCNC3)c(C)c2C)c1)COC.FC1=CC(F)CC=C1. The van der Waals surface area contributed by atoms with Crippen LogP contribution in [0.4, 0.5) is 8.78 Å². The Morgan fingerprint density at radius 1 is 1.17 bits per heavy atom. The molecule has 2 aliphatic rings. The van der Waals surface area contributed by atoms with Gasteiger partial charge in [0.15, 0.2) is 0 Å². The topological polar surface area (TPSA) is 21.3 Å². The Labute approximate surface area is 215 Å². The quantitative estimate of drug-likeness (QED) is 0.411. The molecular weight excluding hydrogens is 452 g/mol. The van der Waals surface area contributed by atoms with Crippen molar-refractivity contribution in [2.75, 3.05) is 26.8 Å². The van der Waals surface area contributed by atoms with Gasteiger partial charge in [-0.05, 0) is 103 Å². The highest BCUT2D eigenvalue weighted by molar-refractivity contribution is 5.72. The van der Waals surface area contributed by atoms with Crippen molar-refractivity contribution >= 4 is 6.08 Å². The van der Waals surface area contributed by atoms with Crippen molar-refractivity contribution in [3.63, 3.8) is 0 Å². The second-order valence-corrected chi connectivity index (χ2v) is 9.46. The number of nitrogens with one attached hydrogen (secondary N) is 1. The average molecular weight is 492 g/mol. The van der Waals surface area contributed by atoms with E-state index in [1.54, 1.807) is 7.11 Å². The molecule has 2 atom stereocenters. The predicted octanol–water partition coefficient (Wildman–Crippen LogP) is 8.18. The zero-order valence-electron chi connectivity index (χ0n) is 22.0. The summed E-state index contributed by atoms with van der Waals surface area (Å²) in [6.45, 7) is 9.51. The molecule has 36 heavy (non-hydrogen) atoms. The van der Waals surface area contributed by atoms with Gasteiger partial charge in [0.25, 0.3) is 0 Å². The van der Waals surface area contributed by atoms with Crippen molar-refractivity contribution in [2.24, 2.45) is 0 Å². The standard InChI is InChI=1S/C26H33NO.C6H6F2/c1-5-21(18-28-4)11-12-22-8-6-9-23(16-22)25-13-14-26(20(3)19(25)2)24-10-7-15-27-17-24;7-5-2-1-3-6(8)4-5/h5-6,8-9,11-14,16,24,27H,7,10,15,17-18H2,1-4H3;1-2,4,6H,3H2/b12-11-,21-5+;/t24-;/m1./s1. The highest BCUT2D eigenvalue weighted by atomic mass is 19.1. The second-order valence-electron chi connectivity index (χ2n) is 9.46. The van der Waals surface area contributed by atoms with E-state index in [1.807, 2.05) is 6.92 Å². The van der Waals surface area contributed by atoms with Gasteiger partial charge in [-0.3, -0.25) is 0 Å². The van der Waals surface area contributed by atoms with Gasteiger partial charge in [0.2, 0.25) is 0 Å². The van der Waals surface area contributed by atoms with Gasteiger partial charge in [-0.1, -0.05) is 54.6 Å². The summed E-state index contributed by atoms with van der Waals surface area (Å²) < 4.78 is 29.3. The van der Waals surface area contributed by atoms with Crippen LogP contribution in [0.3, 0.4) is 0 Å². The molecule has 1 heterocycles. The fourth-order valence-electron chi connectivity index (χ4n) is 4.73. The molecule has 0 saturated carbocycles. The molecule has 1 saturated heterocycles. The third kappa shape index (κ3) is 7.84. The maximum absolute atomic E-state index is 12.1. The Bertz CT molecular complexity index is 1120. The van der Waals surface area contributed by atoms with Gasteiger partial charge in [-0.15, -0.1) is 0 Å². The van der Waals surface area contributed by atoms with E-state index in [1.165, 1.54) is 63.9 Å². The number of benzene rings is 2. The van der Waals surface area contributed by atoms with Crippen molar-refractivity contribution in [1.82, 2.24) is 5.32 Å². The first-order chi connectivity index (χ1) is 17.4. The molecule has 1 N–H and O–H groups in total. The predicted molar refractivity (Wildman–Crippen MR) is 149 cm³/mol. The zero-order valence-corrected chi connectivity index (χ0v) is 22.0. The third-order valence-corrected chi connectivity index (χ3v) is 6.91. The van der Waals surface area contributed by atoms with Gasteiger partial charge < -0.3 is 10.1 Å². The molecule has 4 heteroatoms. The van der Waals surface area contributed by atoms with Crippen LogP contribution in [0.1, 0.15) is 54.4 Å². The van der Waals surface area contributed by atoms with Crippen LogP contribution in [-0.4, -0.2) is 33.0 Å². The van der Waals surface area contributed by atoms with E-state index in [4.69, 9.17) is 4.74 Å². The minimum absolute atomic E-state index is 0.313. The Morgan fingerprint density at radius 3 is 2.64 bits per heavy atom. The molecule has 2 nitrogen and oxygen atoms in total. The Morgan fingerprint density at radius 2 is 2.00 bits per heavy atom. The molecule has 2 aromatic rings. The van der Waals surface area contributed by atoms with E-state index in [2.05, 4.69) is 73.8 Å². The minimum Gasteiger partial charge on any atom is -0.380 e. The van der Waals surface area contributed by atoms with Gasteiger partial charge in [0, 0.05) is 20.1 Å². The molecule has 1 aliphatic heterocycles. The molecule has 1 unspecified atom stereocenters. The number of ether oxygens (including phenoxy) is 1. The van der Waals surface area contributed by atoms with E-state index < -0.39 is 12.0 Å². The van der Waals surface area contributed by atoms with Crippen LogP contribution in [0.15, 0.2) is 78.2 Å². The van der Waals surface area contributed by atoms with Gasteiger partial charge in [0.05, 0.1) is 6.61 Å². The Kier molecular flexibility index (Phi) is 10.8. The summed E-state index contributed by atoms with van der Waals surface area (Å²) in [5.74, 6) is 0.180. The number of methoxy groups -OCH3 is 1. The van der Waals surface area contributed by atoms with E-state index in [0.29, 0.717) is 18.9 Å². The number of rotatable bonds is 6. The van der Waals surface area contributed by atoms with Crippen molar-refractivity contribution in [3.8, 4) is 11.1 Å². The number of halogens is 2. The second kappa shape index (κ2) is 14.1. The lowest BCUT2D eigenvalue weighted by molar-refractivity contribution is 0.228. The van der Waals surface area contributed by atoms with Crippen LogP contribution in [-0.2, 0) is 4.74 Å². The summed E-state index contributed by atoms with van der Waals surface area (Å²) >= 11 is 0. The third-order valence-electron chi connectivity index (χ3n) is 6.91. The summed E-state index contributed by atoms with van der Waals surface area (Å²) in [6, 6.07) is 13.5. The zero-order chi connectivity index (χ0) is 25.9. The summed E-state index contributed by atoms with van der Waals surface area (Å²) in [6.07, 6.45) is 11.9. The lowest BCUT2D eigenvalue weighted by Gasteiger charge is -2.26. The van der Waals surface area contributed by atoms with E-state index in [9.17, 15) is 8.78 Å². The molecule has 0 amide bonds. The molecule has 0 radical (unpaired) electrons. The maximum Gasteiger partial charge on any atom is 0.125 e. The van der Waals surface area contributed by atoms with Crippen LogP contribution in [0.2, 0.25) is 0 Å². The normalized spacial score (nSPS) is 20.2. The highest BCUT2D eigenvalue weighted by Gasteiger charge is 2.19. The van der Waals surface area contributed by atoms with Crippen LogP contribution in [0, 0.1) is 13.8 Å². The summed E-state index contributed by atoms with van der Waals surface area (Å²) in [4.78, 5) is 0. The van der Waals surface area contributed by atoms with E-state index in [-0.39, 0.29) is 0 Å². The molecule has 0 spiro atoms. The smallest absolute Gasteiger partial charge is 0.125 e. The van der Waals surface area contributed by atoms with Gasteiger partial charge >= 0.3 is 0 Å². The van der Waals surface area contributed by atoms with Crippen LogP contribution in [0.5, 0.6) is 0 Å². The van der Waals surface area contributed by atoms with Gasteiger partial charge in [-0.2, -0.15) is 0 Å². The van der Waals surface area contributed by atoms with Crippen molar-refractivity contribution in [2.45, 2.75) is 52.1 Å². The van der Waals surface area contributed by atoms with Crippen molar-refractivity contribution in [3.05, 3.63) is 100 Å². The minimum atomic E-state index is -1.11. The monoisotopic (exact) mass is 491 g/mol. The first-order valence-corrected chi connectivity index (χ1v) is 12.8. The molecule has 192 valence electrons. The number of piperidine rings is 1. The molecule has 2 aromatic carbocycles. The molecule has 1 aliphatic carbocycles. The summed E-state index contributed by atoms with van der Waals surface area (Å²) in [5.41, 5.74) is 9.38. The molecule has 4 rings (SSSR count). The van der Waals surface area contributed by atoms with Crippen LogP contribution < -0.4 is 5.32 Å². The average Bonchev–Trinajstić information content (AvgIpc) is 2.89. The van der Waals surface area contributed by atoms with E-state index in [0.717, 1.165) is 19.2 Å². The lowest BCUT2D eigenvalue weighted by atomic mass is 9.84. The van der Waals surface area contributed by atoms with E-state index >= 15 is 0 Å². The molecule has 0 bridgehead atoms. The summed E-state index contributed by atoms with van der Waals surface area (Å²) in [7, 11) is 1.73. The first kappa shape index (κ1) is 27.8. The largest absolute Gasteiger partial charge is 0.380 e. The lowest BCUT2D eigenvalue weighted by Crippen LogP contribution is -2.28. The number of allylic oxidation sites excluding steroid dienone is 5. The maximum atomic E-state index is 12.1. The fourth-order valence-corrected chi connectivity index (χ4v) is 4.73. The number of hydrogen-bond acceptors (Lipinski definition) is 2. The molecule has 1 fully saturated rings. The first-order valence-electron chi connectivity index (χ1n) is 12.8. The van der Waals surface area contributed by atoms with Crippen LogP contribution in [0.25, 0.3) is 17.2 Å². The van der Waals surface area contributed by atoms with Gasteiger partial charge in [0.1, 0.15) is 12.0 Å². The summed E-state index contributed by atoms with van der Waals surface area (Å²) in [5, 5.41) is 3.55. The molecule has 0 aromatic heterocycles. The van der Waals surface area contributed by atoms with Crippen molar-refractivity contribution < 1.29 is 13.5 Å². The number of alkyl halides is 1. The fraction of sp³-hybridized carbons (Fsp3) is 0.375. The highest BCUT2D eigenvalue weighted by Crippen LogP contribution is 2.33. The van der Waals surface area contributed by atoms with Crippen LogP contribution >= 0.6 is 0 Å². The Hall–Kier alpha value is -2.82. The number of hydrogen-bond donors (Lipinski definition) is 1. The Balaban J connectivity index is 0.000000383. The van der Waals surface area contributed by atoms with Crippen molar-refractivity contribution in [1.29, 1.82) is 0 Å².